The van der Waals surface area contributed by atoms with Crippen LogP contribution in [0.5, 0.6) is 0 Å². The monoisotopic (exact) mass is 441 g/mol. The molecule has 0 bridgehead atoms. The molecule has 1 atom stereocenters. The minimum absolute atomic E-state index is 0.100. The van der Waals surface area contributed by atoms with Gasteiger partial charge in [0.15, 0.2) is 11.6 Å². The number of carboxylic acids is 1. The van der Waals surface area contributed by atoms with E-state index in [0.717, 1.165) is 23.5 Å². The summed E-state index contributed by atoms with van der Waals surface area (Å²) in [5.41, 5.74) is -1.24. The number of anilines is 1. The lowest BCUT2D eigenvalue weighted by Crippen LogP contribution is -2.47. The molecule has 0 aliphatic rings. The normalized spacial score (nSPS) is 12.2. The second-order valence-electron chi connectivity index (χ2n) is 6.75. The lowest BCUT2D eigenvalue weighted by atomic mass is 9.99. The third kappa shape index (κ3) is 5.65. The molecule has 6 nitrogen and oxygen atoms in total. The smallest absolute Gasteiger partial charge is 0.320 e. The topological polar surface area (TPSA) is 91.3 Å². The van der Waals surface area contributed by atoms with Gasteiger partial charge in [0, 0.05) is 22.7 Å². The molecule has 0 radical (unpaired) electrons. The summed E-state index contributed by atoms with van der Waals surface area (Å²) in [5.74, 6) is 2.27. The van der Waals surface area contributed by atoms with E-state index in [1.807, 2.05) is 6.07 Å². The number of benzene rings is 2. The van der Waals surface area contributed by atoms with E-state index in [-0.39, 0.29) is 5.56 Å². The molecular weight excluding hydrogens is 424 g/mol. The number of urea groups is 1. The molecule has 9 heteroatoms. The molecule has 31 heavy (non-hydrogen) atoms. The maximum atomic E-state index is 14.5. The maximum absolute atomic E-state index is 14.5. The molecule has 1 heterocycles. The second kappa shape index (κ2) is 9.36. The van der Waals surface area contributed by atoms with Crippen LogP contribution in [0.25, 0.3) is 0 Å². The number of carbonyl (C=O) groups is 2. The Morgan fingerprint density at radius 2 is 1.77 bits per heavy atom. The van der Waals surface area contributed by atoms with Crippen LogP contribution in [-0.4, -0.2) is 22.1 Å². The first kappa shape index (κ1) is 21.9. The zero-order valence-electron chi connectivity index (χ0n) is 16.3. The van der Waals surface area contributed by atoms with Crippen molar-refractivity contribution in [3.05, 3.63) is 81.8 Å². The van der Waals surface area contributed by atoms with Crippen molar-refractivity contribution in [1.29, 1.82) is 0 Å². The minimum atomic E-state index is -1.36. The van der Waals surface area contributed by atoms with E-state index in [4.69, 9.17) is 0 Å². The number of hydrogen-bond acceptors (Lipinski definition) is 4. The van der Waals surface area contributed by atoms with Crippen molar-refractivity contribution in [3.8, 4) is 11.8 Å². The Hall–Kier alpha value is -3.77. The first-order chi connectivity index (χ1) is 14.8. The summed E-state index contributed by atoms with van der Waals surface area (Å²) in [4.78, 5) is 27.7. The van der Waals surface area contributed by atoms with Gasteiger partial charge in [0.25, 0.3) is 0 Å². The Kier molecular flexibility index (Phi) is 6.62. The Morgan fingerprint density at radius 1 is 1.13 bits per heavy atom. The zero-order chi connectivity index (χ0) is 22.4. The summed E-state index contributed by atoms with van der Waals surface area (Å²) in [7, 11) is 0. The molecule has 158 valence electrons. The number of aliphatic carboxylic acids is 1. The number of amides is 2. The van der Waals surface area contributed by atoms with Crippen LogP contribution in [-0.2, 0) is 10.3 Å². The van der Waals surface area contributed by atoms with Crippen LogP contribution in [0, 0.1) is 23.5 Å². The summed E-state index contributed by atoms with van der Waals surface area (Å²) >= 11 is 1.15. The third-order valence-corrected chi connectivity index (χ3v) is 5.24. The van der Waals surface area contributed by atoms with E-state index in [0.29, 0.717) is 10.6 Å². The molecule has 3 rings (SSSR count). The number of carbonyl (C=O) groups excluding carboxylic acids is 1. The summed E-state index contributed by atoms with van der Waals surface area (Å²) in [6.45, 7) is 1.47. The summed E-state index contributed by atoms with van der Waals surface area (Å²) in [5, 5.41) is 15.7. The van der Waals surface area contributed by atoms with Crippen LogP contribution in [0.1, 0.15) is 29.5 Å². The first-order valence-corrected chi connectivity index (χ1v) is 9.92. The summed E-state index contributed by atoms with van der Waals surface area (Å²) in [6.07, 6.45) is 1.00. The molecule has 0 unspecified atom stereocenters. The van der Waals surface area contributed by atoms with E-state index in [1.54, 1.807) is 29.6 Å². The van der Waals surface area contributed by atoms with Crippen molar-refractivity contribution in [1.82, 2.24) is 10.3 Å². The van der Waals surface area contributed by atoms with Gasteiger partial charge in [-0.15, -0.1) is 11.3 Å². The van der Waals surface area contributed by atoms with Crippen LogP contribution in [0.3, 0.4) is 0 Å². The SMILES string of the molecule is C[C@@](CC(=O)O)(NC(=O)Nc1c(F)cc(C#Cc2ccccc2)cc1F)c1nccs1. The molecule has 0 spiro atoms. The molecule has 2 aromatic carbocycles. The fraction of sp³-hybridized carbons (Fsp3) is 0.136. The number of nitrogens with zero attached hydrogens (tertiary/aromatic N) is 1. The molecule has 2 amide bonds. The van der Waals surface area contributed by atoms with Crippen molar-refractivity contribution in [3.63, 3.8) is 0 Å². The Balaban J connectivity index is 1.78. The number of hydrogen-bond donors (Lipinski definition) is 3. The molecule has 3 aromatic rings. The molecule has 3 N–H and O–H groups in total. The molecule has 0 fully saturated rings. The van der Waals surface area contributed by atoms with Crippen LogP contribution in [0.15, 0.2) is 54.0 Å². The van der Waals surface area contributed by atoms with Crippen LogP contribution >= 0.6 is 11.3 Å². The number of nitrogens with one attached hydrogen (secondary N) is 2. The molecular formula is C22H17F2N3O3S. The van der Waals surface area contributed by atoms with Gasteiger partial charge in [0.05, 0.1) is 6.42 Å². The van der Waals surface area contributed by atoms with Gasteiger partial charge in [-0.1, -0.05) is 30.0 Å². The highest BCUT2D eigenvalue weighted by molar-refractivity contribution is 7.09. The number of halogens is 2. The molecule has 1 aromatic heterocycles. The molecule has 0 aliphatic heterocycles. The highest BCUT2D eigenvalue weighted by Crippen LogP contribution is 2.27. The highest BCUT2D eigenvalue weighted by Gasteiger charge is 2.34. The number of carboxylic acid groups (broad SMARTS) is 1. The fourth-order valence-electron chi connectivity index (χ4n) is 2.80. The zero-order valence-corrected chi connectivity index (χ0v) is 17.1. The van der Waals surface area contributed by atoms with E-state index in [2.05, 4.69) is 27.5 Å². The summed E-state index contributed by atoms with van der Waals surface area (Å²) in [6, 6.07) is 9.97. The van der Waals surface area contributed by atoms with Gasteiger partial charge in [-0.25, -0.2) is 18.6 Å². The Bertz CT molecular complexity index is 1130. The van der Waals surface area contributed by atoms with Gasteiger partial charge in [0.2, 0.25) is 0 Å². The number of thiazole rings is 1. The second-order valence-corrected chi connectivity index (χ2v) is 7.64. The van der Waals surface area contributed by atoms with Crippen molar-refractivity contribution >= 4 is 29.0 Å². The van der Waals surface area contributed by atoms with Crippen molar-refractivity contribution in [2.24, 2.45) is 0 Å². The third-order valence-electron chi connectivity index (χ3n) is 4.20. The fourth-order valence-corrected chi connectivity index (χ4v) is 3.55. The Morgan fingerprint density at radius 3 is 2.35 bits per heavy atom. The maximum Gasteiger partial charge on any atom is 0.320 e. The van der Waals surface area contributed by atoms with Crippen molar-refractivity contribution in [2.45, 2.75) is 18.9 Å². The van der Waals surface area contributed by atoms with Crippen molar-refractivity contribution in [2.75, 3.05) is 5.32 Å². The summed E-state index contributed by atoms with van der Waals surface area (Å²) < 4.78 is 28.9. The van der Waals surface area contributed by atoms with Crippen LogP contribution in [0.2, 0.25) is 0 Å². The standard InChI is InChI=1S/C22H17F2N3O3S/c1-22(13-18(28)29,20-25-9-10-31-20)27-21(30)26-19-16(23)11-15(12-17(19)24)8-7-14-5-3-2-4-6-14/h2-6,9-12H,13H2,1H3,(H,28,29)(H2,26,27,30)/t22-/m0/s1. The molecule has 0 aliphatic carbocycles. The molecule has 0 saturated heterocycles. The van der Waals surface area contributed by atoms with Gasteiger partial charge in [-0.2, -0.15) is 0 Å². The van der Waals surface area contributed by atoms with Gasteiger partial charge in [0.1, 0.15) is 16.2 Å². The lowest BCUT2D eigenvalue weighted by molar-refractivity contribution is -0.138. The number of rotatable bonds is 5. The average Bonchev–Trinajstić information content (AvgIpc) is 3.25. The van der Waals surface area contributed by atoms with E-state index in [9.17, 15) is 23.5 Å². The van der Waals surface area contributed by atoms with Gasteiger partial charge >= 0.3 is 12.0 Å². The van der Waals surface area contributed by atoms with Crippen molar-refractivity contribution < 1.29 is 23.5 Å². The minimum Gasteiger partial charge on any atom is -0.481 e. The van der Waals surface area contributed by atoms with Crippen LogP contribution in [0.4, 0.5) is 19.3 Å². The number of aromatic nitrogens is 1. The Labute approximate surface area is 181 Å². The average molecular weight is 441 g/mol. The van der Waals surface area contributed by atoms with E-state index >= 15 is 0 Å². The van der Waals surface area contributed by atoms with Gasteiger partial charge in [-0.05, 0) is 31.2 Å². The van der Waals surface area contributed by atoms with E-state index < -0.39 is 41.3 Å². The molecule has 0 saturated carbocycles. The van der Waals surface area contributed by atoms with E-state index in [1.165, 1.54) is 13.1 Å². The van der Waals surface area contributed by atoms with Crippen LogP contribution < -0.4 is 10.6 Å². The predicted molar refractivity (Wildman–Crippen MR) is 113 cm³/mol. The lowest BCUT2D eigenvalue weighted by Gasteiger charge is -2.27. The van der Waals surface area contributed by atoms with Gasteiger partial charge < -0.3 is 15.7 Å². The predicted octanol–water partition coefficient (Wildman–Crippen LogP) is 4.33. The highest BCUT2D eigenvalue weighted by atomic mass is 32.1. The quantitative estimate of drug-likeness (QED) is 0.514. The first-order valence-electron chi connectivity index (χ1n) is 9.04. The van der Waals surface area contributed by atoms with Gasteiger partial charge in [-0.3, -0.25) is 4.79 Å². The largest absolute Gasteiger partial charge is 0.481 e.